The maximum Gasteiger partial charge on any atom is 0.253 e. The van der Waals surface area contributed by atoms with Crippen molar-refractivity contribution in [1.82, 2.24) is 10.2 Å². The number of nitrogens with one attached hydrogen (secondary N) is 2. The van der Waals surface area contributed by atoms with Crippen LogP contribution in [0.1, 0.15) is 46.9 Å². The fraction of sp³-hybridized carbons (Fsp3) is 0.318. The summed E-state index contributed by atoms with van der Waals surface area (Å²) in [6, 6.07) is 15.5. The van der Waals surface area contributed by atoms with E-state index in [-0.39, 0.29) is 30.2 Å². The van der Waals surface area contributed by atoms with Crippen LogP contribution in [0.15, 0.2) is 54.6 Å². The van der Waals surface area contributed by atoms with Gasteiger partial charge in [-0.05, 0) is 56.2 Å². The lowest BCUT2D eigenvalue weighted by atomic mass is 10.1. The maximum atomic E-state index is 12.3. The molecule has 3 rings (SSSR count). The molecule has 0 spiro atoms. The van der Waals surface area contributed by atoms with Gasteiger partial charge in [0.1, 0.15) is 0 Å². The fourth-order valence-corrected chi connectivity index (χ4v) is 3.24. The van der Waals surface area contributed by atoms with Gasteiger partial charge in [-0.15, -0.1) is 0 Å². The van der Waals surface area contributed by atoms with Crippen molar-refractivity contribution in [3.63, 3.8) is 0 Å². The largest absolute Gasteiger partial charge is 0.349 e. The highest BCUT2D eigenvalue weighted by atomic mass is 16.2. The second kappa shape index (κ2) is 9.17. The first-order chi connectivity index (χ1) is 13.5. The Hall–Kier alpha value is -3.15. The van der Waals surface area contributed by atoms with Gasteiger partial charge in [0.05, 0.1) is 0 Å². The molecule has 1 aliphatic rings. The van der Waals surface area contributed by atoms with Crippen LogP contribution in [0.4, 0.5) is 5.69 Å². The Morgan fingerprint density at radius 2 is 1.57 bits per heavy atom. The summed E-state index contributed by atoms with van der Waals surface area (Å²) in [5.74, 6) is -0.363. The molecular formula is C22H25N3O3. The third-order valence-corrected chi connectivity index (χ3v) is 4.71. The van der Waals surface area contributed by atoms with Crippen LogP contribution in [0.5, 0.6) is 0 Å². The highest BCUT2D eigenvalue weighted by Gasteiger charge is 2.19. The van der Waals surface area contributed by atoms with E-state index >= 15 is 0 Å². The smallest absolute Gasteiger partial charge is 0.253 e. The van der Waals surface area contributed by atoms with Crippen LogP contribution < -0.4 is 10.6 Å². The predicted molar refractivity (Wildman–Crippen MR) is 108 cm³/mol. The monoisotopic (exact) mass is 379 g/mol. The van der Waals surface area contributed by atoms with Crippen LogP contribution in [0.25, 0.3) is 0 Å². The summed E-state index contributed by atoms with van der Waals surface area (Å²) < 4.78 is 0. The van der Waals surface area contributed by atoms with Crippen LogP contribution in [0.3, 0.4) is 0 Å². The zero-order chi connectivity index (χ0) is 19.9. The Labute approximate surface area is 164 Å². The molecule has 0 aliphatic carbocycles. The van der Waals surface area contributed by atoms with E-state index in [0.717, 1.165) is 25.9 Å². The minimum atomic E-state index is -0.302. The van der Waals surface area contributed by atoms with Gasteiger partial charge in [0.2, 0.25) is 5.91 Å². The number of benzene rings is 2. The normalized spacial score (nSPS) is 14.4. The fourth-order valence-electron chi connectivity index (χ4n) is 3.24. The average molecular weight is 379 g/mol. The number of hydrogen-bond acceptors (Lipinski definition) is 3. The molecular weight excluding hydrogens is 354 g/mol. The van der Waals surface area contributed by atoms with Crippen molar-refractivity contribution < 1.29 is 14.4 Å². The topological polar surface area (TPSA) is 78.5 Å². The molecule has 1 unspecified atom stereocenters. The number of rotatable bonds is 6. The van der Waals surface area contributed by atoms with E-state index in [1.165, 1.54) is 0 Å². The number of nitrogens with zero attached hydrogens (tertiary/aromatic N) is 1. The Balaban J connectivity index is 1.48. The van der Waals surface area contributed by atoms with E-state index in [9.17, 15) is 14.4 Å². The summed E-state index contributed by atoms with van der Waals surface area (Å²) in [5, 5.41) is 5.62. The van der Waals surface area contributed by atoms with E-state index in [2.05, 4.69) is 10.6 Å². The van der Waals surface area contributed by atoms with Gasteiger partial charge >= 0.3 is 0 Å². The van der Waals surface area contributed by atoms with E-state index < -0.39 is 0 Å². The third kappa shape index (κ3) is 5.19. The Bertz CT molecular complexity index is 828. The number of anilines is 1. The first-order valence-corrected chi connectivity index (χ1v) is 9.58. The molecule has 1 atom stereocenters. The molecule has 28 heavy (non-hydrogen) atoms. The van der Waals surface area contributed by atoms with E-state index in [1.54, 1.807) is 55.5 Å². The van der Waals surface area contributed by atoms with Gasteiger partial charge in [0.25, 0.3) is 11.8 Å². The van der Waals surface area contributed by atoms with Crippen LogP contribution in [0, 0.1) is 0 Å². The van der Waals surface area contributed by atoms with Crippen LogP contribution >= 0.6 is 0 Å². The molecule has 146 valence electrons. The van der Waals surface area contributed by atoms with Crippen molar-refractivity contribution in [1.29, 1.82) is 0 Å². The number of hydrogen-bond donors (Lipinski definition) is 2. The molecule has 0 bridgehead atoms. The van der Waals surface area contributed by atoms with Crippen LogP contribution in [-0.2, 0) is 4.79 Å². The molecule has 1 aliphatic heterocycles. The highest BCUT2D eigenvalue weighted by Crippen LogP contribution is 2.15. The number of amides is 3. The second-order valence-electron chi connectivity index (χ2n) is 7.07. The molecule has 0 aromatic heterocycles. The quantitative estimate of drug-likeness (QED) is 0.810. The molecule has 6 heteroatoms. The summed E-state index contributed by atoms with van der Waals surface area (Å²) in [6.07, 6.45) is 2.27. The standard InChI is InChI=1S/C22H25N3O3/c1-16(23-21(27)17-7-3-2-4-8-17)15-20(26)24-19-11-9-18(10-12-19)22(28)25-13-5-6-14-25/h2-4,7-12,16H,5-6,13-15H2,1H3,(H,23,27)(H,24,26). The summed E-state index contributed by atoms with van der Waals surface area (Å²) in [7, 11) is 0. The molecule has 2 aromatic rings. The average Bonchev–Trinajstić information content (AvgIpc) is 3.23. The van der Waals surface area contributed by atoms with E-state index in [1.807, 2.05) is 11.0 Å². The maximum absolute atomic E-state index is 12.3. The summed E-state index contributed by atoms with van der Waals surface area (Å²) in [4.78, 5) is 38.6. The van der Waals surface area contributed by atoms with Gasteiger partial charge < -0.3 is 15.5 Å². The third-order valence-electron chi connectivity index (χ3n) is 4.71. The summed E-state index contributed by atoms with van der Waals surface area (Å²) in [6.45, 7) is 3.41. The lowest BCUT2D eigenvalue weighted by Crippen LogP contribution is -2.35. The van der Waals surface area contributed by atoms with E-state index in [0.29, 0.717) is 16.8 Å². The molecule has 2 N–H and O–H groups in total. The SMILES string of the molecule is CC(CC(=O)Nc1ccc(C(=O)N2CCCC2)cc1)NC(=O)c1ccccc1. The van der Waals surface area contributed by atoms with Crippen molar-refractivity contribution in [2.75, 3.05) is 18.4 Å². The molecule has 0 saturated carbocycles. The van der Waals surface area contributed by atoms with Crippen LogP contribution in [0.2, 0.25) is 0 Å². The van der Waals surface area contributed by atoms with Gasteiger partial charge in [-0.3, -0.25) is 14.4 Å². The lowest BCUT2D eigenvalue weighted by Gasteiger charge is -2.16. The van der Waals surface area contributed by atoms with Gasteiger partial charge in [-0.1, -0.05) is 18.2 Å². The van der Waals surface area contributed by atoms with Crippen molar-refractivity contribution in [2.24, 2.45) is 0 Å². The first kappa shape index (κ1) is 19.6. The molecule has 0 radical (unpaired) electrons. The zero-order valence-electron chi connectivity index (χ0n) is 16.0. The van der Waals surface area contributed by atoms with Gasteiger partial charge in [0, 0.05) is 42.4 Å². The molecule has 1 heterocycles. The highest BCUT2D eigenvalue weighted by molar-refractivity contribution is 5.97. The van der Waals surface area contributed by atoms with Gasteiger partial charge in [0.15, 0.2) is 0 Å². The molecule has 6 nitrogen and oxygen atoms in total. The number of carbonyl (C=O) groups excluding carboxylic acids is 3. The molecule has 3 amide bonds. The molecule has 2 aromatic carbocycles. The molecule has 1 fully saturated rings. The minimum Gasteiger partial charge on any atom is -0.349 e. The Morgan fingerprint density at radius 1 is 0.929 bits per heavy atom. The Morgan fingerprint density at radius 3 is 2.21 bits per heavy atom. The second-order valence-corrected chi connectivity index (χ2v) is 7.07. The lowest BCUT2D eigenvalue weighted by molar-refractivity contribution is -0.116. The first-order valence-electron chi connectivity index (χ1n) is 9.58. The van der Waals surface area contributed by atoms with Crippen LogP contribution in [-0.4, -0.2) is 41.8 Å². The number of likely N-dealkylation sites (tertiary alicyclic amines) is 1. The van der Waals surface area contributed by atoms with E-state index in [4.69, 9.17) is 0 Å². The Kier molecular flexibility index (Phi) is 6.42. The predicted octanol–water partition coefficient (Wildman–Crippen LogP) is 3.07. The number of carbonyl (C=O) groups is 3. The van der Waals surface area contributed by atoms with Crippen molar-refractivity contribution in [2.45, 2.75) is 32.2 Å². The molecule has 1 saturated heterocycles. The van der Waals surface area contributed by atoms with Crippen molar-refractivity contribution >= 4 is 23.4 Å². The summed E-state index contributed by atoms with van der Waals surface area (Å²) >= 11 is 0. The van der Waals surface area contributed by atoms with Crippen molar-refractivity contribution in [3.05, 3.63) is 65.7 Å². The zero-order valence-corrected chi connectivity index (χ0v) is 16.0. The minimum absolute atomic E-state index is 0.0348. The van der Waals surface area contributed by atoms with Gasteiger partial charge in [-0.25, -0.2) is 0 Å². The van der Waals surface area contributed by atoms with Gasteiger partial charge in [-0.2, -0.15) is 0 Å². The summed E-state index contributed by atoms with van der Waals surface area (Å²) in [5.41, 5.74) is 1.82. The van der Waals surface area contributed by atoms with Crippen molar-refractivity contribution in [3.8, 4) is 0 Å².